The van der Waals surface area contributed by atoms with E-state index in [0.29, 0.717) is 12.5 Å². The number of hydrogen-bond acceptors (Lipinski definition) is 2. The van der Waals surface area contributed by atoms with Crippen LogP contribution in [0.5, 0.6) is 0 Å². The fourth-order valence-electron chi connectivity index (χ4n) is 3.88. The van der Waals surface area contributed by atoms with Gasteiger partial charge in [-0.1, -0.05) is 12.8 Å². The van der Waals surface area contributed by atoms with Crippen molar-refractivity contribution in [2.45, 2.75) is 51.0 Å². The molecule has 2 saturated carbocycles. The maximum absolute atomic E-state index is 12.0. The summed E-state index contributed by atoms with van der Waals surface area (Å²) in [4.78, 5) is 12.0. The Labute approximate surface area is 114 Å². The Bertz CT molecular complexity index is 454. The zero-order valence-corrected chi connectivity index (χ0v) is 11.6. The van der Waals surface area contributed by atoms with Gasteiger partial charge in [-0.15, -0.1) is 0 Å². The molecule has 3 atom stereocenters. The van der Waals surface area contributed by atoms with Gasteiger partial charge < -0.3 is 5.32 Å². The van der Waals surface area contributed by atoms with Gasteiger partial charge in [0.1, 0.15) is 0 Å². The Morgan fingerprint density at radius 3 is 3.11 bits per heavy atom. The van der Waals surface area contributed by atoms with Gasteiger partial charge in [0.25, 0.3) is 0 Å². The van der Waals surface area contributed by atoms with Crippen molar-refractivity contribution >= 4 is 5.91 Å². The Morgan fingerprint density at radius 2 is 2.32 bits per heavy atom. The highest BCUT2D eigenvalue weighted by Gasteiger charge is 2.39. The van der Waals surface area contributed by atoms with E-state index >= 15 is 0 Å². The molecular weight excluding hydrogens is 238 g/mol. The van der Waals surface area contributed by atoms with Crippen LogP contribution in [-0.4, -0.2) is 21.7 Å². The van der Waals surface area contributed by atoms with Crippen LogP contribution in [0.3, 0.4) is 0 Å². The lowest BCUT2D eigenvalue weighted by molar-refractivity contribution is -0.122. The molecule has 0 aromatic carbocycles. The molecule has 2 aliphatic carbocycles. The van der Waals surface area contributed by atoms with Crippen molar-refractivity contribution in [1.29, 1.82) is 0 Å². The number of rotatable bonds is 4. The lowest BCUT2D eigenvalue weighted by atomic mass is 9.97. The van der Waals surface area contributed by atoms with E-state index in [0.717, 1.165) is 23.8 Å². The second kappa shape index (κ2) is 5.35. The van der Waals surface area contributed by atoms with Gasteiger partial charge in [0.2, 0.25) is 5.91 Å². The van der Waals surface area contributed by atoms with E-state index in [1.54, 1.807) is 4.68 Å². The first-order valence-electron chi connectivity index (χ1n) is 7.49. The summed E-state index contributed by atoms with van der Waals surface area (Å²) >= 11 is 0. The summed E-state index contributed by atoms with van der Waals surface area (Å²) in [6.45, 7) is 0. The number of nitrogens with zero attached hydrogens (tertiary/aromatic N) is 2. The molecule has 1 aromatic rings. The van der Waals surface area contributed by atoms with E-state index < -0.39 is 0 Å². The second-order valence-corrected chi connectivity index (χ2v) is 6.13. The Hall–Kier alpha value is -1.32. The second-order valence-electron chi connectivity index (χ2n) is 6.13. The summed E-state index contributed by atoms with van der Waals surface area (Å²) in [6.07, 6.45) is 11.8. The number of fused-ring (bicyclic) bond motifs is 1. The summed E-state index contributed by atoms with van der Waals surface area (Å²) < 4.78 is 1.79. The van der Waals surface area contributed by atoms with Crippen molar-refractivity contribution in [1.82, 2.24) is 15.1 Å². The van der Waals surface area contributed by atoms with Gasteiger partial charge in [-0.2, -0.15) is 5.10 Å². The Kier molecular flexibility index (Phi) is 3.58. The van der Waals surface area contributed by atoms with E-state index in [4.69, 9.17) is 0 Å². The first-order valence-corrected chi connectivity index (χ1v) is 7.49. The first kappa shape index (κ1) is 12.7. The van der Waals surface area contributed by atoms with Gasteiger partial charge in [-0.3, -0.25) is 9.48 Å². The highest BCUT2D eigenvalue weighted by molar-refractivity contribution is 5.76. The minimum Gasteiger partial charge on any atom is -0.353 e. The smallest absolute Gasteiger partial charge is 0.220 e. The molecule has 4 heteroatoms. The third kappa shape index (κ3) is 2.82. The fourth-order valence-corrected chi connectivity index (χ4v) is 3.88. The predicted octanol–water partition coefficient (Wildman–Crippen LogP) is 2.05. The van der Waals surface area contributed by atoms with Gasteiger partial charge in [0.05, 0.1) is 6.20 Å². The first-order chi connectivity index (χ1) is 9.22. The molecule has 19 heavy (non-hydrogen) atoms. The third-order valence-corrected chi connectivity index (χ3v) is 4.83. The number of carbonyl (C=O) groups excluding carboxylic acids is 1. The van der Waals surface area contributed by atoms with Crippen molar-refractivity contribution in [3.05, 3.63) is 18.0 Å². The predicted molar refractivity (Wildman–Crippen MR) is 73.5 cm³/mol. The van der Waals surface area contributed by atoms with Gasteiger partial charge in [-0.25, -0.2) is 0 Å². The van der Waals surface area contributed by atoms with E-state index in [1.165, 1.54) is 32.1 Å². The summed E-state index contributed by atoms with van der Waals surface area (Å²) in [5.41, 5.74) is 1.14. The van der Waals surface area contributed by atoms with Crippen LogP contribution in [0.15, 0.2) is 12.4 Å². The highest BCUT2D eigenvalue weighted by Crippen LogP contribution is 2.43. The van der Waals surface area contributed by atoms with Gasteiger partial charge >= 0.3 is 0 Å². The van der Waals surface area contributed by atoms with Crippen molar-refractivity contribution in [2.75, 3.05) is 0 Å². The van der Waals surface area contributed by atoms with Crippen molar-refractivity contribution < 1.29 is 4.79 Å². The molecule has 104 valence electrons. The van der Waals surface area contributed by atoms with Crippen molar-refractivity contribution in [3.63, 3.8) is 0 Å². The van der Waals surface area contributed by atoms with Crippen molar-refractivity contribution in [2.24, 2.45) is 18.9 Å². The summed E-state index contributed by atoms with van der Waals surface area (Å²) in [7, 11) is 1.91. The number of hydrogen-bond donors (Lipinski definition) is 1. The molecule has 3 rings (SSSR count). The van der Waals surface area contributed by atoms with Crippen LogP contribution in [0.4, 0.5) is 0 Å². The van der Waals surface area contributed by atoms with Crippen LogP contribution in [0.1, 0.15) is 44.1 Å². The molecule has 1 heterocycles. The van der Waals surface area contributed by atoms with Crippen LogP contribution < -0.4 is 5.32 Å². The maximum atomic E-state index is 12.0. The van der Waals surface area contributed by atoms with Gasteiger partial charge in [0, 0.05) is 25.7 Å². The lowest BCUT2D eigenvalue weighted by Gasteiger charge is -2.19. The van der Waals surface area contributed by atoms with Crippen molar-refractivity contribution in [3.8, 4) is 0 Å². The van der Waals surface area contributed by atoms with E-state index in [9.17, 15) is 4.79 Å². The average Bonchev–Trinajstić information content (AvgIpc) is 3.05. The zero-order valence-electron chi connectivity index (χ0n) is 11.6. The quantitative estimate of drug-likeness (QED) is 0.901. The monoisotopic (exact) mass is 261 g/mol. The summed E-state index contributed by atoms with van der Waals surface area (Å²) in [6, 6.07) is 0.453. The zero-order chi connectivity index (χ0) is 13.2. The molecule has 2 aliphatic rings. The van der Waals surface area contributed by atoms with Crippen LogP contribution in [0.25, 0.3) is 0 Å². The van der Waals surface area contributed by atoms with Gasteiger partial charge in [0.15, 0.2) is 0 Å². The number of nitrogens with one attached hydrogen (secondary N) is 1. The average molecular weight is 261 g/mol. The third-order valence-electron chi connectivity index (χ3n) is 4.83. The summed E-state index contributed by atoms with van der Waals surface area (Å²) in [5, 5.41) is 7.39. The number of carbonyl (C=O) groups is 1. The molecule has 2 fully saturated rings. The fraction of sp³-hybridized carbons (Fsp3) is 0.733. The molecule has 0 saturated heterocycles. The molecule has 0 spiro atoms. The normalized spacial score (nSPS) is 29.4. The lowest BCUT2D eigenvalue weighted by Crippen LogP contribution is -2.37. The van der Waals surface area contributed by atoms with Gasteiger partial charge in [-0.05, 0) is 43.1 Å². The molecule has 4 nitrogen and oxygen atoms in total. The van der Waals surface area contributed by atoms with Crippen LogP contribution in [-0.2, 0) is 18.3 Å². The Balaban J connectivity index is 1.46. The largest absolute Gasteiger partial charge is 0.353 e. The topological polar surface area (TPSA) is 46.9 Å². The number of aromatic nitrogens is 2. The Morgan fingerprint density at radius 1 is 1.42 bits per heavy atom. The number of amides is 1. The molecule has 0 radical (unpaired) electrons. The SMILES string of the molecule is Cn1cc(CCC(=O)N[C@@H]2CC[C@H]3CCC[C@H]32)cn1. The molecule has 0 aliphatic heterocycles. The van der Waals surface area contributed by atoms with E-state index in [-0.39, 0.29) is 5.91 Å². The van der Waals surface area contributed by atoms with Crippen LogP contribution >= 0.6 is 0 Å². The molecule has 1 N–H and O–H groups in total. The molecule has 1 amide bonds. The van der Waals surface area contributed by atoms with E-state index in [2.05, 4.69) is 10.4 Å². The molecule has 0 bridgehead atoms. The maximum Gasteiger partial charge on any atom is 0.220 e. The highest BCUT2D eigenvalue weighted by atomic mass is 16.1. The summed E-state index contributed by atoms with van der Waals surface area (Å²) in [5.74, 6) is 1.87. The minimum absolute atomic E-state index is 0.210. The van der Waals surface area contributed by atoms with Crippen LogP contribution in [0.2, 0.25) is 0 Å². The minimum atomic E-state index is 0.210. The molecule has 1 aromatic heterocycles. The molecule has 0 unspecified atom stereocenters. The number of aryl methyl sites for hydroxylation is 2. The standard InChI is InChI=1S/C15H23N3O/c1-18-10-11(9-16-18)5-8-15(19)17-14-7-6-12-3-2-4-13(12)14/h9-10,12-14H,2-8H2,1H3,(H,17,19)/t12-,13-,14-/m1/s1. The van der Waals surface area contributed by atoms with Crippen LogP contribution in [0, 0.1) is 11.8 Å². The molecular formula is C15H23N3O. The van der Waals surface area contributed by atoms with E-state index in [1.807, 2.05) is 19.4 Å².